The van der Waals surface area contributed by atoms with E-state index in [1.54, 1.807) is 0 Å². The van der Waals surface area contributed by atoms with Crippen molar-refractivity contribution in [3.8, 4) is 0 Å². The summed E-state index contributed by atoms with van der Waals surface area (Å²) >= 11 is 0. The first-order chi connectivity index (χ1) is 6.81. The van der Waals surface area contributed by atoms with Crippen LogP contribution in [0.25, 0.3) is 0 Å². The number of carbonyl (C=O) groups is 1. The molecule has 0 aliphatic heterocycles. The second kappa shape index (κ2) is 4.00. The Morgan fingerprint density at radius 2 is 2.00 bits per heavy atom. The lowest BCUT2D eigenvalue weighted by Gasteiger charge is -2.30. The first kappa shape index (κ1) is 12.3. The summed E-state index contributed by atoms with van der Waals surface area (Å²) in [5.74, 6) is -1.04. The van der Waals surface area contributed by atoms with E-state index in [9.17, 15) is 18.0 Å². The van der Waals surface area contributed by atoms with Crippen LogP contribution in [0.3, 0.4) is 0 Å². The molecule has 3 nitrogen and oxygen atoms in total. The van der Waals surface area contributed by atoms with E-state index in [2.05, 4.69) is 10.1 Å². The standard InChI is InChI=1S/C9H14F3NO2/c1-8(7(14)15-2,9(10,11)12)13-5-6-3-4-6/h6,13H,3-5H2,1-2H3. The third-order valence-corrected chi connectivity index (χ3v) is 2.60. The van der Waals surface area contributed by atoms with Gasteiger partial charge in [0.15, 0.2) is 0 Å². The van der Waals surface area contributed by atoms with Gasteiger partial charge in [0.25, 0.3) is 0 Å². The predicted octanol–water partition coefficient (Wildman–Crippen LogP) is 1.48. The molecule has 0 bridgehead atoms. The lowest BCUT2D eigenvalue weighted by Crippen LogP contribution is -2.61. The van der Waals surface area contributed by atoms with Crippen molar-refractivity contribution >= 4 is 5.97 Å². The van der Waals surface area contributed by atoms with Crippen LogP contribution < -0.4 is 5.32 Å². The van der Waals surface area contributed by atoms with Crippen LogP contribution in [0.1, 0.15) is 19.8 Å². The Bertz CT molecular complexity index is 250. The molecule has 1 N–H and O–H groups in total. The minimum absolute atomic E-state index is 0.200. The fourth-order valence-corrected chi connectivity index (χ4v) is 1.16. The second-order valence-corrected chi connectivity index (χ2v) is 3.94. The topological polar surface area (TPSA) is 38.3 Å². The third-order valence-electron chi connectivity index (χ3n) is 2.60. The van der Waals surface area contributed by atoms with Crippen LogP contribution in [0.2, 0.25) is 0 Å². The Morgan fingerprint density at radius 3 is 2.33 bits per heavy atom. The molecule has 0 radical (unpaired) electrons. The molecule has 0 aromatic carbocycles. The Kier molecular flexibility index (Phi) is 3.28. The molecule has 0 aromatic heterocycles. The highest BCUT2D eigenvalue weighted by Gasteiger charge is 2.58. The number of esters is 1. The van der Waals surface area contributed by atoms with Crippen molar-refractivity contribution in [1.29, 1.82) is 0 Å². The highest BCUT2D eigenvalue weighted by Crippen LogP contribution is 2.34. The van der Waals surface area contributed by atoms with Gasteiger partial charge in [-0.15, -0.1) is 0 Å². The first-order valence-corrected chi connectivity index (χ1v) is 4.71. The maximum atomic E-state index is 12.6. The van der Waals surface area contributed by atoms with Crippen LogP contribution in [0.15, 0.2) is 0 Å². The number of ether oxygens (including phenoxy) is 1. The van der Waals surface area contributed by atoms with Gasteiger partial charge in [-0.1, -0.05) is 0 Å². The van der Waals surface area contributed by atoms with Crippen molar-refractivity contribution in [2.24, 2.45) is 5.92 Å². The monoisotopic (exact) mass is 225 g/mol. The second-order valence-electron chi connectivity index (χ2n) is 3.94. The summed E-state index contributed by atoms with van der Waals surface area (Å²) in [6.07, 6.45) is -2.81. The van der Waals surface area contributed by atoms with Gasteiger partial charge < -0.3 is 4.74 Å². The number of halogens is 3. The molecule has 1 fully saturated rings. The third kappa shape index (κ3) is 2.62. The maximum Gasteiger partial charge on any atom is 0.417 e. The van der Waals surface area contributed by atoms with Gasteiger partial charge in [-0.3, -0.25) is 5.32 Å². The minimum Gasteiger partial charge on any atom is -0.467 e. The van der Waals surface area contributed by atoms with Gasteiger partial charge in [0.1, 0.15) is 0 Å². The molecule has 1 atom stereocenters. The molecule has 1 rings (SSSR count). The fraction of sp³-hybridized carbons (Fsp3) is 0.889. The van der Waals surface area contributed by atoms with Gasteiger partial charge in [-0.25, -0.2) is 4.79 Å². The van der Waals surface area contributed by atoms with Crippen LogP contribution in [0, 0.1) is 5.92 Å². The van der Waals surface area contributed by atoms with E-state index in [4.69, 9.17) is 0 Å². The molecule has 1 aliphatic carbocycles. The van der Waals surface area contributed by atoms with Crippen LogP contribution in [0.5, 0.6) is 0 Å². The highest BCUT2D eigenvalue weighted by atomic mass is 19.4. The van der Waals surface area contributed by atoms with Crippen molar-refractivity contribution in [3.63, 3.8) is 0 Å². The van der Waals surface area contributed by atoms with E-state index < -0.39 is 17.7 Å². The average molecular weight is 225 g/mol. The van der Waals surface area contributed by atoms with E-state index in [0.29, 0.717) is 0 Å². The van der Waals surface area contributed by atoms with Crippen molar-refractivity contribution in [1.82, 2.24) is 5.32 Å². The summed E-state index contributed by atoms with van der Waals surface area (Å²) in [6, 6.07) is 0. The van der Waals surface area contributed by atoms with E-state index in [-0.39, 0.29) is 12.5 Å². The largest absolute Gasteiger partial charge is 0.467 e. The molecule has 15 heavy (non-hydrogen) atoms. The Labute approximate surface area is 86.0 Å². The van der Waals surface area contributed by atoms with E-state index in [1.165, 1.54) is 0 Å². The number of hydrogen-bond donors (Lipinski definition) is 1. The SMILES string of the molecule is COC(=O)C(C)(NCC1CC1)C(F)(F)F. The molecule has 0 spiro atoms. The summed E-state index contributed by atoms with van der Waals surface area (Å²) in [5.41, 5.74) is -2.59. The lowest BCUT2D eigenvalue weighted by atomic mass is 10.0. The molecule has 1 saturated carbocycles. The van der Waals surface area contributed by atoms with Gasteiger partial charge in [-0.05, 0) is 32.2 Å². The van der Waals surface area contributed by atoms with E-state index in [1.807, 2.05) is 0 Å². The molecule has 1 aliphatic rings. The summed E-state index contributed by atoms with van der Waals surface area (Å²) in [6.45, 7) is 1.01. The summed E-state index contributed by atoms with van der Waals surface area (Å²) in [4.78, 5) is 11.1. The summed E-state index contributed by atoms with van der Waals surface area (Å²) in [7, 11) is 0.950. The number of carbonyl (C=O) groups excluding carboxylic acids is 1. The maximum absolute atomic E-state index is 12.6. The van der Waals surface area contributed by atoms with E-state index in [0.717, 1.165) is 26.9 Å². The molecule has 6 heteroatoms. The van der Waals surface area contributed by atoms with E-state index >= 15 is 0 Å². The smallest absolute Gasteiger partial charge is 0.417 e. The number of hydrogen-bond acceptors (Lipinski definition) is 3. The number of alkyl halides is 3. The van der Waals surface area contributed by atoms with Crippen molar-refractivity contribution < 1.29 is 22.7 Å². The molecule has 0 heterocycles. The van der Waals surface area contributed by atoms with Crippen LogP contribution in [-0.2, 0) is 9.53 Å². The van der Waals surface area contributed by atoms with Gasteiger partial charge in [0.2, 0.25) is 5.54 Å². The zero-order valence-corrected chi connectivity index (χ0v) is 8.65. The number of nitrogens with one attached hydrogen (secondary N) is 1. The van der Waals surface area contributed by atoms with Gasteiger partial charge in [0.05, 0.1) is 7.11 Å². The predicted molar refractivity (Wildman–Crippen MR) is 47.2 cm³/mol. The normalized spacial score (nSPS) is 20.9. The van der Waals surface area contributed by atoms with Crippen LogP contribution >= 0.6 is 0 Å². The average Bonchev–Trinajstić information content (AvgIpc) is 2.94. The fourth-order valence-electron chi connectivity index (χ4n) is 1.16. The Hall–Kier alpha value is -0.780. The Balaban J connectivity index is 2.69. The van der Waals surface area contributed by atoms with Gasteiger partial charge >= 0.3 is 12.1 Å². The van der Waals surface area contributed by atoms with Crippen LogP contribution in [0.4, 0.5) is 13.2 Å². The van der Waals surface area contributed by atoms with Crippen LogP contribution in [-0.4, -0.2) is 31.3 Å². The molecular formula is C9H14F3NO2. The molecular weight excluding hydrogens is 211 g/mol. The Morgan fingerprint density at radius 1 is 1.47 bits per heavy atom. The minimum atomic E-state index is -4.64. The molecule has 0 aromatic rings. The molecule has 0 saturated heterocycles. The zero-order valence-electron chi connectivity index (χ0n) is 8.65. The zero-order chi connectivity index (χ0) is 11.7. The quantitative estimate of drug-likeness (QED) is 0.736. The molecule has 1 unspecified atom stereocenters. The molecule has 0 amide bonds. The number of rotatable bonds is 4. The summed E-state index contributed by atoms with van der Waals surface area (Å²) in [5, 5.41) is 2.25. The lowest BCUT2D eigenvalue weighted by molar-refractivity contribution is -0.208. The highest BCUT2D eigenvalue weighted by molar-refractivity contribution is 5.81. The summed E-state index contributed by atoms with van der Waals surface area (Å²) < 4.78 is 42.1. The first-order valence-electron chi connectivity index (χ1n) is 4.71. The molecule has 88 valence electrons. The van der Waals surface area contributed by atoms with Crippen molar-refractivity contribution in [2.45, 2.75) is 31.5 Å². The van der Waals surface area contributed by atoms with Crippen molar-refractivity contribution in [2.75, 3.05) is 13.7 Å². The van der Waals surface area contributed by atoms with Gasteiger partial charge in [-0.2, -0.15) is 13.2 Å². The number of methoxy groups -OCH3 is 1. The van der Waals surface area contributed by atoms with Crippen molar-refractivity contribution in [3.05, 3.63) is 0 Å². The van der Waals surface area contributed by atoms with Gasteiger partial charge in [0, 0.05) is 0 Å².